The molecule has 0 unspecified atom stereocenters. The lowest BCUT2D eigenvalue weighted by Crippen LogP contribution is -1.97. The third kappa shape index (κ3) is 1.77. The molecule has 0 aliphatic heterocycles. The first-order chi connectivity index (χ1) is 6.06. The van der Waals surface area contributed by atoms with Crippen molar-refractivity contribution in [1.29, 1.82) is 0 Å². The maximum absolute atomic E-state index is 12.5. The maximum Gasteiger partial charge on any atom is 0.280 e. The van der Waals surface area contributed by atoms with Crippen molar-refractivity contribution in [3.05, 3.63) is 23.3 Å². The summed E-state index contributed by atoms with van der Waals surface area (Å²) in [5.74, 6) is -2.49. The van der Waals surface area contributed by atoms with Crippen molar-refractivity contribution in [2.24, 2.45) is 0 Å². The zero-order valence-electron chi connectivity index (χ0n) is 6.17. The zero-order valence-corrected chi connectivity index (χ0v) is 6.17. The lowest BCUT2D eigenvalue weighted by molar-refractivity contribution is 0.111. The zero-order chi connectivity index (χ0) is 10.0. The Bertz CT molecular complexity index is 341. The molecule has 13 heavy (non-hydrogen) atoms. The topological polar surface area (TPSA) is 50.2 Å². The van der Waals surface area contributed by atoms with Crippen LogP contribution in [0.25, 0.3) is 0 Å². The van der Waals surface area contributed by atoms with Gasteiger partial charge in [0.1, 0.15) is 5.69 Å². The summed E-state index contributed by atoms with van der Waals surface area (Å²) in [5.41, 5.74) is -1.42. The summed E-state index contributed by atoms with van der Waals surface area (Å²) in [6.07, 6.45) is -2.90. The second kappa shape index (κ2) is 3.42. The number of pyridine rings is 1. The molecule has 0 saturated carbocycles. The predicted octanol–water partition coefficient (Wildman–Crippen LogP) is 1.68. The van der Waals surface area contributed by atoms with Gasteiger partial charge in [-0.1, -0.05) is 0 Å². The fourth-order valence-electron chi connectivity index (χ4n) is 0.747. The number of nitrogens with zero attached hydrogens (tertiary/aromatic N) is 1. The predicted molar refractivity (Wildman–Crippen MR) is 36.2 cm³/mol. The number of aromatic nitrogens is 1. The summed E-state index contributed by atoms with van der Waals surface area (Å²) in [4.78, 5) is 12.9. The average molecular weight is 191 g/mol. The van der Waals surface area contributed by atoms with Gasteiger partial charge in [0.25, 0.3) is 12.4 Å². The molecular formula is C7H4F3NO2. The highest BCUT2D eigenvalue weighted by Gasteiger charge is 2.16. The lowest BCUT2D eigenvalue weighted by atomic mass is 10.2. The Labute approximate surface area is 70.8 Å². The minimum absolute atomic E-state index is 0.0754. The van der Waals surface area contributed by atoms with Gasteiger partial charge in [-0.25, -0.2) is 13.8 Å². The van der Waals surface area contributed by atoms with Crippen molar-refractivity contribution in [3.63, 3.8) is 0 Å². The molecule has 0 fully saturated rings. The number of hydrogen-bond donors (Lipinski definition) is 1. The van der Waals surface area contributed by atoms with E-state index >= 15 is 0 Å². The van der Waals surface area contributed by atoms with Crippen molar-refractivity contribution in [2.75, 3.05) is 0 Å². The van der Waals surface area contributed by atoms with Crippen LogP contribution in [-0.2, 0) is 0 Å². The highest BCUT2D eigenvalue weighted by atomic mass is 19.3. The van der Waals surface area contributed by atoms with Crippen LogP contribution in [0.4, 0.5) is 13.2 Å². The van der Waals surface area contributed by atoms with Gasteiger partial charge in [-0.3, -0.25) is 4.79 Å². The van der Waals surface area contributed by atoms with E-state index in [2.05, 4.69) is 4.98 Å². The Kier molecular flexibility index (Phi) is 2.50. The Balaban J connectivity index is 3.30. The molecule has 0 atom stereocenters. The van der Waals surface area contributed by atoms with Crippen LogP contribution in [0.2, 0.25) is 0 Å². The molecule has 1 N–H and O–H groups in total. The smallest absolute Gasteiger partial charge is 0.280 e. The second-order valence-electron chi connectivity index (χ2n) is 2.19. The van der Waals surface area contributed by atoms with E-state index in [0.29, 0.717) is 6.07 Å². The summed E-state index contributed by atoms with van der Waals surface area (Å²) in [7, 11) is 0. The van der Waals surface area contributed by atoms with Crippen molar-refractivity contribution >= 4 is 6.29 Å². The van der Waals surface area contributed by atoms with Gasteiger partial charge in [-0.2, -0.15) is 4.39 Å². The number of aromatic hydroxyl groups is 1. The van der Waals surface area contributed by atoms with Crippen molar-refractivity contribution in [3.8, 4) is 5.75 Å². The summed E-state index contributed by atoms with van der Waals surface area (Å²) in [5, 5.41) is 8.79. The van der Waals surface area contributed by atoms with Crippen molar-refractivity contribution in [2.45, 2.75) is 6.43 Å². The van der Waals surface area contributed by atoms with E-state index in [1.54, 1.807) is 0 Å². The largest absolute Gasteiger partial charge is 0.503 e. The fourth-order valence-corrected chi connectivity index (χ4v) is 0.747. The quantitative estimate of drug-likeness (QED) is 0.571. The van der Waals surface area contributed by atoms with Crippen LogP contribution in [0.3, 0.4) is 0 Å². The maximum atomic E-state index is 12.5. The van der Waals surface area contributed by atoms with Gasteiger partial charge in [-0.05, 0) is 6.07 Å². The van der Waals surface area contributed by atoms with Gasteiger partial charge in [-0.15, -0.1) is 0 Å². The molecule has 1 aromatic heterocycles. The van der Waals surface area contributed by atoms with E-state index in [4.69, 9.17) is 5.11 Å². The second-order valence-corrected chi connectivity index (χ2v) is 2.19. The van der Waals surface area contributed by atoms with Crippen LogP contribution in [0.1, 0.15) is 22.5 Å². The Morgan fingerprint density at radius 1 is 1.54 bits per heavy atom. The number of rotatable bonds is 2. The molecule has 0 amide bonds. The molecule has 1 rings (SSSR count). The van der Waals surface area contributed by atoms with E-state index in [0.717, 1.165) is 0 Å². The monoisotopic (exact) mass is 191 g/mol. The molecule has 6 heteroatoms. The van der Waals surface area contributed by atoms with Gasteiger partial charge in [0, 0.05) is 0 Å². The van der Waals surface area contributed by atoms with Gasteiger partial charge in [0.15, 0.2) is 12.0 Å². The first kappa shape index (κ1) is 9.50. The Morgan fingerprint density at radius 3 is 2.62 bits per heavy atom. The fraction of sp³-hybridized carbons (Fsp3) is 0.143. The van der Waals surface area contributed by atoms with Crippen LogP contribution >= 0.6 is 0 Å². The van der Waals surface area contributed by atoms with E-state index in [9.17, 15) is 18.0 Å². The molecule has 0 saturated heterocycles. The molecule has 0 radical (unpaired) electrons. The third-order valence-electron chi connectivity index (χ3n) is 1.35. The summed E-state index contributed by atoms with van der Waals surface area (Å²) < 4.78 is 36.5. The number of alkyl halides is 2. The number of halogens is 3. The molecule has 70 valence electrons. The lowest BCUT2D eigenvalue weighted by Gasteiger charge is -2.02. The first-order valence-corrected chi connectivity index (χ1v) is 3.19. The molecule has 0 aliphatic carbocycles. The van der Waals surface area contributed by atoms with Crippen LogP contribution in [0, 0.1) is 5.95 Å². The molecule has 1 heterocycles. The molecule has 0 bridgehead atoms. The van der Waals surface area contributed by atoms with E-state index in [-0.39, 0.29) is 6.29 Å². The normalized spacial score (nSPS) is 10.5. The van der Waals surface area contributed by atoms with Crippen LogP contribution in [-0.4, -0.2) is 16.4 Å². The minimum atomic E-state index is -2.98. The van der Waals surface area contributed by atoms with Crippen molar-refractivity contribution in [1.82, 2.24) is 4.98 Å². The average Bonchev–Trinajstić information content (AvgIpc) is 2.09. The van der Waals surface area contributed by atoms with Gasteiger partial charge < -0.3 is 5.11 Å². The van der Waals surface area contributed by atoms with Gasteiger partial charge >= 0.3 is 0 Å². The highest BCUT2D eigenvalue weighted by Crippen LogP contribution is 2.24. The number of carbonyl (C=O) groups is 1. The number of hydrogen-bond acceptors (Lipinski definition) is 3. The number of carbonyl (C=O) groups excluding carboxylic acids is 1. The number of aldehydes is 1. The van der Waals surface area contributed by atoms with E-state index in [1.165, 1.54) is 0 Å². The van der Waals surface area contributed by atoms with Gasteiger partial charge in [0.2, 0.25) is 0 Å². The van der Waals surface area contributed by atoms with E-state index < -0.39 is 29.4 Å². The summed E-state index contributed by atoms with van der Waals surface area (Å²) >= 11 is 0. The van der Waals surface area contributed by atoms with Crippen LogP contribution in [0.15, 0.2) is 6.07 Å². The SMILES string of the molecule is O=Cc1cc(C(F)F)nc(F)c1O. The standard InChI is InChI=1S/C7H4F3NO2/c8-6(9)4-1-3(2-12)5(13)7(10)11-4/h1-2,6,13H. The molecule has 0 aliphatic rings. The molecule has 0 aromatic carbocycles. The molecule has 3 nitrogen and oxygen atoms in total. The summed E-state index contributed by atoms with van der Waals surface area (Å²) in [6, 6.07) is 0.635. The van der Waals surface area contributed by atoms with Crippen molar-refractivity contribution < 1.29 is 23.1 Å². The first-order valence-electron chi connectivity index (χ1n) is 3.19. The van der Waals surface area contributed by atoms with E-state index in [1.807, 2.05) is 0 Å². The Morgan fingerprint density at radius 2 is 2.15 bits per heavy atom. The van der Waals surface area contributed by atoms with Crippen LogP contribution < -0.4 is 0 Å². The molecule has 1 aromatic rings. The minimum Gasteiger partial charge on any atom is -0.503 e. The highest BCUT2D eigenvalue weighted by molar-refractivity contribution is 5.79. The molecule has 0 spiro atoms. The summed E-state index contributed by atoms with van der Waals surface area (Å²) in [6.45, 7) is 0. The Hall–Kier alpha value is -1.59. The van der Waals surface area contributed by atoms with Gasteiger partial charge in [0.05, 0.1) is 5.56 Å². The molecular weight excluding hydrogens is 187 g/mol. The van der Waals surface area contributed by atoms with Crippen LogP contribution in [0.5, 0.6) is 5.75 Å². The third-order valence-corrected chi connectivity index (χ3v) is 1.35.